The van der Waals surface area contributed by atoms with Crippen LogP contribution in [0.2, 0.25) is 0 Å². The Hall–Kier alpha value is -1.09. The van der Waals surface area contributed by atoms with Gasteiger partial charge in [-0.1, -0.05) is 6.07 Å². The average Bonchev–Trinajstić information content (AvgIpc) is 2.58. The lowest BCUT2D eigenvalue weighted by Gasteiger charge is -2.36. The van der Waals surface area contributed by atoms with Gasteiger partial charge in [0.25, 0.3) is 0 Å². The minimum atomic E-state index is -0.609. The molecule has 1 unspecified atom stereocenters. The molecule has 1 aliphatic heterocycles. The van der Waals surface area contributed by atoms with Gasteiger partial charge >= 0.3 is 0 Å². The van der Waals surface area contributed by atoms with Crippen molar-refractivity contribution in [3.63, 3.8) is 0 Å². The molecule has 2 aliphatic rings. The lowest BCUT2D eigenvalue weighted by atomic mass is 9.80. The van der Waals surface area contributed by atoms with Crippen LogP contribution in [-0.4, -0.2) is 48.9 Å². The van der Waals surface area contributed by atoms with E-state index in [1.165, 1.54) is 6.07 Å². The smallest absolute Gasteiger partial charge is 0.191 e. The van der Waals surface area contributed by atoms with Gasteiger partial charge in [-0.05, 0) is 57.2 Å². The van der Waals surface area contributed by atoms with Gasteiger partial charge in [-0.3, -0.25) is 4.99 Å². The summed E-state index contributed by atoms with van der Waals surface area (Å²) in [5, 5.41) is 17.0. The van der Waals surface area contributed by atoms with E-state index < -0.39 is 5.60 Å². The lowest BCUT2D eigenvalue weighted by molar-refractivity contribution is -0.0236. The number of benzene rings is 1. The first kappa shape index (κ1) is 21.2. The van der Waals surface area contributed by atoms with Crippen LogP contribution in [0.25, 0.3) is 0 Å². The number of anilines is 1. The molecule has 0 spiro atoms. The summed E-state index contributed by atoms with van der Waals surface area (Å²) in [4.78, 5) is 6.79. The minimum Gasteiger partial charge on any atom is -0.388 e. The zero-order valence-corrected chi connectivity index (χ0v) is 17.7. The Morgan fingerprint density at radius 3 is 2.85 bits per heavy atom. The van der Waals surface area contributed by atoms with E-state index in [0.29, 0.717) is 6.54 Å². The molecule has 1 heterocycles. The van der Waals surface area contributed by atoms with Crippen LogP contribution in [0, 0.1) is 5.82 Å². The molecule has 1 aromatic carbocycles. The molecule has 0 aromatic heterocycles. The maximum absolute atomic E-state index is 13.5. The SMILES string of the molecule is CCNC(=NCC1(O)CCC1)NC1CCCN(c2cccc(F)c2)C1.I. The highest BCUT2D eigenvalue weighted by molar-refractivity contribution is 14.0. The third-order valence-electron chi connectivity index (χ3n) is 5.10. The number of hydrogen-bond donors (Lipinski definition) is 3. The third-order valence-corrected chi connectivity index (χ3v) is 5.10. The molecule has 1 aromatic rings. The number of aliphatic hydroxyl groups is 1. The highest BCUT2D eigenvalue weighted by Gasteiger charge is 2.34. The zero-order chi connectivity index (χ0) is 17.7. The van der Waals surface area contributed by atoms with E-state index >= 15 is 0 Å². The van der Waals surface area contributed by atoms with Crippen molar-refractivity contribution in [3.8, 4) is 0 Å². The lowest BCUT2D eigenvalue weighted by Crippen LogP contribution is -2.52. The number of halogens is 2. The predicted molar refractivity (Wildman–Crippen MR) is 115 cm³/mol. The van der Waals surface area contributed by atoms with E-state index in [1.807, 2.05) is 13.0 Å². The van der Waals surface area contributed by atoms with Crippen LogP contribution >= 0.6 is 24.0 Å². The Labute approximate surface area is 172 Å². The Morgan fingerprint density at radius 2 is 2.19 bits per heavy atom. The topological polar surface area (TPSA) is 59.9 Å². The van der Waals surface area contributed by atoms with Crippen molar-refractivity contribution in [1.29, 1.82) is 0 Å². The molecule has 1 saturated heterocycles. The van der Waals surface area contributed by atoms with Gasteiger partial charge in [0.05, 0.1) is 12.1 Å². The predicted octanol–water partition coefficient (Wildman–Crippen LogP) is 2.88. The van der Waals surface area contributed by atoms with Crippen molar-refractivity contribution >= 4 is 35.6 Å². The number of rotatable bonds is 5. The summed E-state index contributed by atoms with van der Waals surface area (Å²) < 4.78 is 13.5. The van der Waals surface area contributed by atoms with Crippen molar-refractivity contribution in [3.05, 3.63) is 30.1 Å². The van der Waals surface area contributed by atoms with Crippen molar-refractivity contribution in [2.45, 2.75) is 50.7 Å². The molecule has 3 N–H and O–H groups in total. The van der Waals surface area contributed by atoms with Crippen molar-refractivity contribution < 1.29 is 9.50 Å². The number of nitrogens with one attached hydrogen (secondary N) is 2. The second-order valence-corrected chi connectivity index (χ2v) is 7.18. The zero-order valence-electron chi connectivity index (χ0n) is 15.4. The van der Waals surface area contributed by atoms with E-state index in [4.69, 9.17) is 0 Å². The maximum Gasteiger partial charge on any atom is 0.191 e. The van der Waals surface area contributed by atoms with E-state index in [-0.39, 0.29) is 35.8 Å². The Bertz CT molecular complexity index is 609. The second-order valence-electron chi connectivity index (χ2n) is 7.18. The highest BCUT2D eigenvalue weighted by Crippen LogP contribution is 2.31. The maximum atomic E-state index is 13.5. The largest absolute Gasteiger partial charge is 0.388 e. The quantitative estimate of drug-likeness (QED) is 0.348. The first-order valence-corrected chi connectivity index (χ1v) is 9.36. The number of aliphatic imine (C=N–C) groups is 1. The standard InChI is InChI=1S/C19H29FN4O.HI/c1-2-21-18(22-14-19(25)9-5-10-19)23-16-7-4-11-24(13-16)17-8-3-6-15(20)12-17;/h3,6,8,12,16,25H,2,4-5,7,9-11,13-14H2,1H3,(H2,21,22,23);1H. The Kier molecular flexibility index (Phi) is 7.94. The van der Waals surface area contributed by atoms with Crippen molar-refractivity contribution in [2.24, 2.45) is 4.99 Å². The fourth-order valence-electron chi connectivity index (χ4n) is 3.48. The minimum absolute atomic E-state index is 0. The molecule has 26 heavy (non-hydrogen) atoms. The van der Waals surface area contributed by atoms with Crippen molar-refractivity contribution in [1.82, 2.24) is 10.6 Å². The van der Waals surface area contributed by atoms with Crippen LogP contribution < -0.4 is 15.5 Å². The normalized spacial score (nSPS) is 22.2. The fraction of sp³-hybridized carbons (Fsp3) is 0.632. The summed E-state index contributed by atoms with van der Waals surface area (Å²) in [5.74, 6) is 0.560. The molecule has 1 atom stereocenters. The van der Waals surface area contributed by atoms with Gasteiger partial charge in [0.2, 0.25) is 0 Å². The van der Waals surface area contributed by atoms with Gasteiger partial charge in [0.15, 0.2) is 5.96 Å². The van der Waals surface area contributed by atoms with Crippen LogP contribution in [0.5, 0.6) is 0 Å². The number of nitrogens with zero attached hydrogens (tertiary/aromatic N) is 2. The first-order chi connectivity index (χ1) is 12.1. The van der Waals surface area contributed by atoms with E-state index in [1.54, 1.807) is 12.1 Å². The van der Waals surface area contributed by atoms with Crippen LogP contribution in [-0.2, 0) is 0 Å². The van der Waals surface area contributed by atoms with E-state index in [2.05, 4.69) is 20.5 Å². The number of piperidine rings is 1. The van der Waals surface area contributed by atoms with Crippen LogP contribution in [0.4, 0.5) is 10.1 Å². The molecule has 0 amide bonds. The summed E-state index contributed by atoms with van der Waals surface area (Å²) in [5.41, 5.74) is 0.319. The fourth-order valence-corrected chi connectivity index (χ4v) is 3.48. The monoisotopic (exact) mass is 476 g/mol. The summed E-state index contributed by atoms with van der Waals surface area (Å²) in [6.07, 6.45) is 4.87. The summed E-state index contributed by atoms with van der Waals surface area (Å²) in [6.45, 7) is 5.02. The second kappa shape index (κ2) is 9.73. The molecule has 0 radical (unpaired) electrons. The van der Waals surface area contributed by atoms with Gasteiger partial charge in [0, 0.05) is 31.4 Å². The molecule has 146 valence electrons. The third kappa shape index (κ3) is 5.70. The molecule has 1 saturated carbocycles. The summed E-state index contributed by atoms with van der Waals surface area (Å²) in [7, 11) is 0. The average molecular weight is 476 g/mol. The molecule has 5 nitrogen and oxygen atoms in total. The number of hydrogen-bond acceptors (Lipinski definition) is 3. The van der Waals surface area contributed by atoms with Crippen LogP contribution in [0.15, 0.2) is 29.3 Å². The van der Waals surface area contributed by atoms with Gasteiger partial charge in [-0.15, -0.1) is 24.0 Å². The number of guanidine groups is 1. The highest BCUT2D eigenvalue weighted by atomic mass is 127. The Balaban J connectivity index is 0.00000243. The van der Waals surface area contributed by atoms with Gasteiger partial charge in [-0.2, -0.15) is 0 Å². The van der Waals surface area contributed by atoms with Gasteiger partial charge < -0.3 is 20.6 Å². The molecule has 7 heteroatoms. The molecule has 2 fully saturated rings. The summed E-state index contributed by atoms with van der Waals surface area (Å²) >= 11 is 0. The molecule has 1 aliphatic carbocycles. The van der Waals surface area contributed by atoms with Crippen LogP contribution in [0.1, 0.15) is 39.0 Å². The van der Waals surface area contributed by atoms with Crippen LogP contribution in [0.3, 0.4) is 0 Å². The first-order valence-electron chi connectivity index (χ1n) is 9.36. The Morgan fingerprint density at radius 1 is 1.38 bits per heavy atom. The summed E-state index contributed by atoms with van der Waals surface area (Å²) in [6, 6.07) is 7.03. The molecular formula is C19H30FIN4O. The van der Waals surface area contributed by atoms with E-state index in [0.717, 1.165) is 63.4 Å². The van der Waals surface area contributed by atoms with Crippen molar-refractivity contribution in [2.75, 3.05) is 31.1 Å². The van der Waals surface area contributed by atoms with Gasteiger partial charge in [0.1, 0.15) is 5.82 Å². The molecule has 3 rings (SSSR count). The molecular weight excluding hydrogens is 446 g/mol. The van der Waals surface area contributed by atoms with E-state index in [9.17, 15) is 9.50 Å². The van der Waals surface area contributed by atoms with Gasteiger partial charge in [-0.25, -0.2) is 4.39 Å². The molecule has 0 bridgehead atoms.